The molecule has 2 aromatic rings. The molecule has 3 rings (SSSR count). The molecular weight excluding hydrogens is 320 g/mol. The number of aliphatic imine (C=N–C) groups is 1. The molecule has 1 aliphatic rings. The van der Waals surface area contributed by atoms with Gasteiger partial charge in [0, 0.05) is 57.9 Å². The average molecular weight is 344 g/mol. The molecule has 1 aliphatic heterocycles. The molecule has 8 nitrogen and oxygen atoms in total. The van der Waals surface area contributed by atoms with E-state index in [-0.39, 0.29) is 6.10 Å². The monoisotopic (exact) mass is 344 g/mol. The van der Waals surface area contributed by atoms with E-state index >= 15 is 0 Å². The van der Waals surface area contributed by atoms with Crippen LogP contribution in [0.2, 0.25) is 0 Å². The highest BCUT2D eigenvalue weighted by molar-refractivity contribution is 5.80. The summed E-state index contributed by atoms with van der Waals surface area (Å²) in [7, 11) is 3.48. The second-order valence-corrected chi connectivity index (χ2v) is 5.75. The zero-order valence-corrected chi connectivity index (χ0v) is 14.6. The first kappa shape index (κ1) is 17.4. The van der Waals surface area contributed by atoms with Gasteiger partial charge in [0.25, 0.3) is 0 Å². The van der Waals surface area contributed by atoms with Crippen molar-refractivity contribution in [2.24, 2.45) is 4.99 Å². The second-order valence-electron chi connectivity index (χ2n) is 5.75. The minimum Gasteiger partial charge on any atom is -0.382 e. The fraction of sp³-hybridized carbons (Fsp3) is 0.471. The molecule has 1 fully saturated rings. The maximum absolute atomic E-state index is 5.70. The summed E-state index contributed by atoms with van der Waals surface area (Å²) in [5, 5.41) is 3.43. The van der Waals surface area contributed by atoms with Crippen molar-refractivity contribution in [3.8, 4) is 5.82 Å². The summed E-state index contributed by atoms with van der Waals surface area (Å²) in [5.74, 6) is 1.71. The summed E-state index contributed by atoms with van der Waals surface area (Å²) in [6.45, 7) is 3.44. The number of pyridine rings is 1. The highest BCUT2D eigenvalue weighted by atomic mass is 16.5. The van der Waals surface area contributed by atoms with Gasteiger partial charge >= 0.3 is 0 Å². The quantitative estimate of drug-likeness (QED) is 0.635. The molecule has 0 saturated carbocycles. The van der Waals surface area contributed by atoms with Gasteiger partial charge in [0.2, 0.25) is 0 Å². The lowest BCUT2D eigenvalue weighted by Crippen LogP contribution is -2.51. The molecule has 3 heterocycles. The summed E-state index contributed by atoms with van der Waals surface area (Å²) in [5.41, 5.74) is 1.07. The lowest BCUT2D eigenvalue weighted by Gasteiger charge is -2.34. The highest BCUT2D eigenvalue weighted by Gasteiger charge is 2.22. The fourth-order valence-corrected chi connectivity index (χ4v) is 2.89. The molecular formula is C17H24N6O2. The van der Waals surface area contributed by atoms with E-state index in [2.05, 4.69) is 31.2 Å². The van der Waals surface area contributed by atoms with E-state index in [1.807, 2.05) is 16.8 Å². The van der Waals surface area contributed by atoms with Crippen LogP contribution in [0.1, 0.15) is 5.56 Å². The van der Waals surface area contributed by atoms with Crippen LogP contribution in [0.4, 0.5) is 0 Å². The average Bonchev–Trinajstić information content (AvgIpc) is 3.18. The van der Waals surface area contributed by atoms with Gasteiger partial charge in [0.1, 0.15) is 12.1 Å². The zero-order valence-electron chi connectivity index (χ0n) is 14.6. The molecule has 1 atom stereocenters. The van der Waals surface area contributed by atoms with Crippen LogP contribution >= 0.6 is 0 Å². The first-order valence-corrected chi connectivity index (χ1v) is 8.30. The number of rotatable bonds is 5. The number of aromatic nitrogens is 3. The van der Waals surface area contributed by atoms with E-state index in [0.717, 1.165) is 30.4 Å². The predicted octanol–water partition coefficient (Wildman–Crippen LogP) is 0.690. The molecule has 1 saturated heterocycles. The number of morpholine rings is 1. The predicted molar refractivity (Wildman–Crippen MR) is 94.7 cm³/mol. The Hall–Kier alpha value is -2.45. The maximum Gasteiger partial charge on any atom is 0.194 e. The van der Waals surface area contributed by atoms with Crippen LogP contribution in [0, 0.1) is 0 Å². The van der Waals surface area contributed by atoms with Crippen molar-refractivity contribution >= 4 is 5.96 Å². The molecule has 0 spiro atoms. The van der Waals surface area contributed by atoms with Crippen molar-refractivity contribution in [1.82, 2.24) is 24.8 Å². The third-order valence-corrected chi connectivity index (χ3v) is 4.06. The lowest BCUT2D eigenvalue weighted by molar-refractivity contribution is -0.0447. The highest BCUT2D eigenvalue weighted by Crippen LogP contribution is 2.11. The molecule has 1 unspecified atom stereocenters. The Morgan fingerprint density at radius 1 is 1.48 bits per heavy atom. The van der Waals surface area contributed by atoms with Gasteiger partial charge in [-0.3, -0.25) is 9.56 Å². The Labute approximate surface area is 147 Å². The molecule has 0 bridgehead atoms. The minimum absolute atomic E-state index is 0.0669. The lowest BCUT2D eigenvalue weighted by atomic mass is 10.2. The Bertz CT molecular complexity index is 686. The summed E-state index contributed by atoms with van der Waals surface area (Å²) < 4.78 is 12.8. The van der Waals surface area contributed by atoms with Crippen molar-refractivity contribution in [2.45, 2.75) is 12.6 Å². The summed E-state index contributed by atoms with van der Waals surface area (Å²) >= 11 is 0. The number of hydrogen-bond acceptors (Lipinski definition) is 5. The number of guanidine groups is 1. The van der Waals surface area contributed by atoms with Crippen molar-refractivity contribution in [2.75, 3.05) is 40.5 Å². The SMILES string of the molecule is CN=C(NCc1cccnc1-n1ccnc1)N1CCOC(COC)C1. The number of nitrogens with zero attached hydrogens (tertiary/aromatic N) is 5. The molecule has 25 heavy (non-hydrogen) atoms. The summed E-state index contributed by atoms with van der Waals surface area (Å²) in [4.78, 5) is 15.2. The van der Waals surface area contributed by atoms with E-state index < -0.39 is 0 Å². The minimum atomic E-state index is 0.0669. The second kappa shape index (κ2) is 8.59. The van der Waals surface area contributed by atoms with Crippen molar-refractivity contribution < 1.29 is 9.47 Å². The van der Waals surface area contributed by atoms with E-state index in [0.29, 0.717) is 19.8 Å². The van der Waals surface area contributed by atoms with Gasteiger partial charge in [-0.2, -0.15) is 0 Å². The Kier molecular flexibility index (Phi) is 5.97. The van der Waals surface area contributed by atoms with Crippen LogP contribution in [0.5, 0.6) is 0 Å². The molecule has 2 aromatic heterocycles. The molecule has 0 aromatic carbocycles. The number of nitrogens with one attached hydrogen (secondary N) is 1. The number of hydrogen-bond donors (Lipinski definition) is 1. The Morgan fingerprint density at radius 3 is 3.16 bits per heavy atom. The van der Waals surface area contributed by atoms with Crippen LogP contribution in [0.25, 0.3) is 5.82 Å². The van der Waals surface area contributed by atoms with E-state index in [9.17, 15) is 0 Å². The molecule has 0 radical (unpaired) electrons. The van der Waals surface area contributed by atoms with Crippen LogP contribution < -0.4 is 5.32 Å². The smallest absolute Gasteiger partial charge is 0.194 e. The van der Waals surface area contributed by atoms with Gasteiger partial charge in [0.15, 0.2) is 5.96 Å². The first-order chi connectivity index (χ1) is 12.3. The van der Waals surface area contributed by atoms with Crippen molar-refractivity contribution in [1.29, 1.82) is 0 Å². The topological polar surface area (TPSA) is 76.8 Å². The molecule has 0 amide bonds. The van der Waals surface area contributed by atoms with Crippen LogP contribution in [0.3, 0.4) is 0 Å². The standard InChI is InChI=1S/C17H24N6O2/c1-18-17(22-8-9-25-15(11-22)12-24-2)21-10-14-4-3-5-20-16(14)23-7-6-19-13-23/h3-7,13,15H,8-12H2,1-2H3,(H,18,21). The Morgan fingerprint density at radius 2 is 2.40 bits per heavy atom. The molecule has 134 valence electrons. The van der Waals surface area contributed by atoms with Gasteiger partial charge in [-0.25, -0.2) is 9.97 Å². The van der Waals surface area contributed by atoms with Gasteiger partial charge in [-0.15, -0.1) is 0 Å². The third-order valence-electron chi connectivity index (χ3n) is 4.06. The van der Waals surface area contributed by atoms with E-state index in [1.165, 1.54) is 0 Å². The first-order valence-electron chi connectivity index (χ1n) is 8.30. The summed E-state index contributed by atoms with van der Waals surface area (Å²) in [6.07, 6.45) is 7.23. The van der Waals surface area contributed by atoms with Crippen molar-refractivity contribution in [3.05, 3.63) is 42.6 Å². The normalized spacial score (nSPS) is 18.4. The maximum atomic E-state index is 5.70. The van der Waals surface area contributed by atoms with Crippen LogP contribution in [-0.4, -0.2) is 72.0 Å². The van der Waals surface area contributed by atoms with Crippen LogP contribution in [-0.2, 0) is 16.0 Å². The summed E-state index contributed by atoms with van der Waals surface area (Å²) in [6, 6.07) is 3.99. The van der Waals surface area contributed by atoms with Gasteiger partial charge in [-0.05, 0) is 6.07 Å². The number of imidazole rings is 1. The van der Waals surface area contributed by atoms with Gasteiger partial charge < -0.3 is 19.7 Å². The Balaban J connectivity index is 1.66. The van der Waals surface area contributed by atoms with Gasteiger partial charge in [-0.1, -0.05) is 6.07 Å². The number of methoxy groups -OCH3 is 1. The van der Waals surface area contributed by atoms with Crippen LogP contribution in [0.15, 0.2) is 42.0 Å². The van der Waals surface area contributed by atoms with Gasteiger partial charge in [0.05, 0.1) is 19.3 Å². The molecule has 1 N–H and O–H groups in total. The van der Waals surface area contributed by atoms with E-state index in [4.69, 9.17) is 9.47 Å². The largest absolute Gasteiger partial charge is 0.382 e. The van der Waals surface area contributed by atoms with E-state index in [1.54, 1.807) is 32.9 Å². The van der Waals surface area contributed by atoms with Crippen molar-refractivity contribution in [3.63, 3.8) is 0 Å². The zero-order chi connectivity index (χ0) is 17.5. The molecule has 8 heteroatoms. The third kappa shape index (κ3) is 4.34. The number of ether oxygens (including phenoxy) is 2. The fourth-order valence-electron chi connectivity index (χ4n) is 2.89. The molecule has 0 aliphatic carbocycles.